The zero-order valence-corrected chi connectivity index (χ0v) is 15.3. The molecule has 0 aliphatic carbocycles. The molecule has 0 aliphatic rings. The third-order valence-electron chi connectivity index (χ3n) is 4.25. The van der Waals surface area contributed by atoms with Crippen LogP contribution in [0.15, 0.2) is 36.5 Å². The number of aryl methyl sites for hydroxylation is 5. The Morgan fingerprint density at radius 1 is 0.760 bits per heavy atom. The second-order valence-electron chi connectivity index (χ2n) is 6.49. The summed E-state index contributed by atoms with van der Waals surface area (Å²) in [7, 11) is 0. The van der Waals surface area contributed by atoms with Gasteiger partial charge in [0.1, 0.15) is 0 Å². The molecule has 0 bridgehead atoms. The number of hydrogen-bond donors (Lipinski definition) is 2. The van der Waals surface area contributed by atoms with Gasteiger partial charge < -0.3 is 10.6 Å². The Morgan fingerprint density at radius 2 is 1.48 bits per heavy atom. The highest BCUT2D eigenvalue weighted by Gasteiger charge is 2.07. The van der Waals surface area contributed by atoms with Crippen LogP contribution in [0.3, 0.4) is 0 Å². The summed E-state index contributed by atoms with van der Waals surface area (Å²) in [6.07, 6.45) is 1.62. The van der Waals surface area contributed by atoms with Gasteiger partial charge >= 0.3 is 0 Å². The van der Waals surface area contributed by atoms with Crippen LogP contribution in [0, 0.1) is 34.6 Å². The molecule has 0 fully saturated rings. The number of aromatic nitrogens is 3. The van der Waals surface area contributed by atoms with E-state index in [-0.39, 0.29) is 0 Å². The van der Waals surface area contributed by atoms with Crippen molar-refractivity contribution in [3.05, 3.63) is 64.3 Å². The quantitative estimate of drug-likeness (QED) is 0.711. The summed E-state index contributed by atoms with van der Waals surface area (Å²) in [5, 5.41) is 14.7. The molecule has 0 saturated carbocycles. The first-order valence-corrected chi connectivity index (χ1v) is 8.31. The minimum atomic E-state index is 0.476. The fraction of sp³-hybridized carbons (Fsp3) is 0.250. The summed E-state index contributed by atoms with van der Waals surface area (Å²) in [5.41, 5.74) is 8.07. The van der Waals surface area contributed by atoms with Crippen molar-refractivity contribution in [1.29, 1.82) is 0 Å². The lowest BCUT2D eigenvalue weighted by Crippen LogP contribution is -2.04. The molecule has 2 N–H and O–H groups in total. The molecule has 0 atom stereocenters. The van der Waals surface area contributed by atoms with E-state index in [2.05, 4.69) is 84.7 Å². The van der Waals surface area contributed by atoms with Gasteiger partial charge in [-0.25, -0.2) is 0 Å². The van der Waals surface area contributed by atoms with E-state index >= 15 is 0 Å². The average molecular weight is 333 g/mol. The largest absolute Gasteiger partial charge is 0.339 e. The van der Waals surface area contributed by atoms with Crippen molar-refractivity contribution >= 4 is 23.1 Å². The van der Waals surface area contributed by atoms with E-state index in [1.165, 1.54) is 16.7 Å². The smallest absolute Gasteiger partial charge is 0.249 e. The fourth-order valence-electron chi connectivity index (χ4n) is 2.87. The van der Waals surface area contributed by atoms with Gasteiger partial charge in [-0.3, -0.25) is 0 Å². The maximum absolute atomic E-state index is 4.52. The van der Waals surface area contributed by atoms with Gasteiger partial charge in [0, 0.05) is 11.4 Å². The second-order valence-corrected chi connectivity index (χ2v) is 6.49. The van der Waals surface area contributed by atoms with E-state index in [0.717, 1.165) is 22.5 Å². The zero-order valence-electron chi connectivity index (χ0n) is 15.3. The number of benzene rings is 2. The van der Waals surface area contributed by atoms with Gasteiger partial charge in [0.2, 0.25) is 5.95 Å². The van der Waals surface area contributed by atoms with Crippen LogP contribution in [0.1, 0.15) is 27.8 Å². The number of rotatable bonds is 4. The fourth-order valence-corrected chi connectivity index (χ4v) is 2.87. The predicted octanol–water partition coefficient (Wildman–Crippen LogP) is 4.90. The number of nitrogens with one attached hydrogen (secondary N) is 2. The third-order valence-corrected chi connectivity index (χ3v) is 4.25. The molecule has 2 aromatic carbocycles. The number of hydrogen-bond acceptors (Lipinski definition) is 5. The van der Waals surface area contributed by atoms with Gasteiger partial charge in [-0.1, -0.05) is 23.8 Å². The minimum absolute atomic E-state index is 0.476. The monoisotopic (exact) mass is 333 g/mol. The molecule has 1 heterocycles. The Labute approximate surface area is 148 Å². The van der Waals surface area contributed by atoms with Crippen LogP contribution in [0.2, 0.25) is 0 Å². The van der Waals surface area contributed by atoms with Gasteiger partial charge in [0.05, 0.1) is 6.20 Å². The lowest BCUT2D eigenvalue weighted by molar-refractivity contribution is 0.980. The number of anilines is 4. The molecule has 0 aliphatic heterocycles. The molecule has 3 aromatic rings. The van der Waals surface area contributed by atoms with Crippen molar-refractivity contribution in [2.24, 2.45) is 0 Å². The van der Waals surface area contributed by atoms with Gasteiger partial charge in [-0.05, 0) is 69.0 Å². The Kier molecular flexibility index (Phi) is 4.65. The SMILES string of the molecule is Cc1cc(C)c(Nc2nncc(Nc3ccc(C)c(C)c3)n2)c(C)c1. The normalized spacial score (nSPS) is 10.6. The summed E-state index contributed by atoms with van der Waals surface area (Å²) >= 11 is 0. The summed E-state index contributed by atoms with van der Waals surface area (Å²) in [6.45, 7) is 10.4. The summed E-state index contributed by atoms with van der Waals surface area (Å²) in [6, 6.07) is 10.5. The van der Waals surface area contributed by atoms with Crippen LogP contribution >= 0.6 is 0 Å². The molecule has 0 saturated heterocycles. The molecular formula is C20H23N5. The standard InChI is InChI=1S/C20H23N5/c1-12-8-15(4)19(16(5)9-12)24-20-23-18(11-21-25-20)22-17-7-6-13(2)14(3)10-17/h6-11H,1-5H3,(H2,22,23,24,25). The maximum atomic E-state index is 4.52. The molecule has 0 radical (unpaired) electrons. The van der Waals surface area contributed by atoms with Gasteiger partial charge in [0.25, 0.3) is 0 Å². The van der Waals surface area contributed by atoms with Crippen molar-refractivity contribution in [2.45, 2.75) is 34.6 Å². The van der Waals surface area contributed by atoms with E-state index in [4.69, 9.17) is 0 Å². The molecule has 5 heteroatoms. The molecule has 0 amide bonds. The van der Waals surface area contributed by atoms with Crippen molar-refractivity contribution < 1.29 is 0 Å². The Balaban J connectivity index is 1.83. The van der Waals surface area contributed by atoms with Crippen LogP contribution in [0.5, 0.6) is 0 Å². The van der Waals surface area contributed by atoms with Crippen molar-refractivity contribution in [3.8, 4) is 0 Å². The molecule has 128 valence electrons. The first kappa shape index (κ1) is 16.9. The zero-order chi connectivity index (χ0) is 18.0. The van der Waals surface area contributed by atoms with Gasteiger partial charge in [-0.15, -0.1) is 5.10 Å². The van der Waals surface area contributed by atoms with E-state index in [1.54, 1.807) is 6.20 Å². The Morgan fingerprint density at radius 3 is 2.16 bits per heavy atom. The van der Waals surface area contributed by atoms with E-state index in [1.807, 2.05) is 6.07 Å². The highest BCUT2D eigenvalue weighted by atomic mass is 15.3. The molecule has 0 spiro atoms. The molecule has 0 unspecified atom stereocenters. The van der Waals surface area contributed by atoms with E-state index in [9.17, 15) is 0 Å². The minimum Gasteiger partial charge on any atom is -0.339 e. The highest BCUT2D eigenvalue weighted by molar-refractivity contribution is 5.65. The Hall–Kier alpha value is -2.95. The van der Waals surface area contributed by atoms with Crippen molar-refractivity contribution in [2.75, 3.05) is 10.6 Å². The topological polar surface area (TPSA) is 62.7 Å². The first-order valence-electron chi connectivity index (χ1n) is 8.31. The number of nitrogens with zero attached hydrogens (tertiary/aromatic N) is 3. The molecule has 25 heavy (non-hydrogen) atoms. The molecule has 5 nitrogen and oxygen atoms in total. The highest BCUT2D eigenvalue weighted by Crippen LogP contribution is 2.25. The average Bonchev–Trinajstić information content (AvgIpc) is 2.55. The summed E-state index contributed by atoms with van der Waals surface area (Å²) in [4.78, 5) is 4.52. The summed E-state index contributed by atoms with van der Waals surface area (Å²) < 4.78 is 0. The lowest BCUT2D eigenvalue weighted by atomic mass is 10.1. The van der Waals surface area contributed by atoms with Gasteiger partial charge in [0.15, 0.2) is 5.82 Å². The molecule has 3 rings (SSSR count). The van der Waals surface area contributed by atoms with E-state index in [0.29, 0.717) is 11.8 Å². The second kappa shape index (κ2) is 6.89. The maximum Gasteiger partial charge on any atom is 0.249 e. The van der Waals surface area contributed by atoms with Crippen molar-refractivity contribution in [3.63, 3.8) is 0 Å². The van der Waals surface area contributed by atoms with Crippen LogP contribution in [0.4, 0.5) is 23.1 Å². The Bertz CT molecular complexity index is 895. The lowest BCUT2D eigenvalue weighted by Gasteiger charge is -2.13. The predicted molar refractivity (Wildman–Crippen MR) is 103 cm³/mol. The van der Waals surface area contributed by atoms with Crippen LogP contribution < -0.4 is 10.6 Å². The van der Waals surface area contributed by atoms with Crippen LogP contribution in [0.25, 0.3) is 0 Å². The molecular weight excluding hydrogens is 310 g/mol. The van der Waals surface area contributed by atoms with E-state index < -0.39 is 0 Å². The van der Waals surface area contributed by atoms with Crippen LogP contribution in [-0.4, -0.2) is 15.2 Å². The summed E-state index contributed by atoms with van der Waals surface area (Å²) in [5.74, 6) is 1.13. The third kappa shape index (κ3) is 3.94. The molecule has 1 aromatic heterocycles. The van der Waals surface area contributed by atoms with Crippen LogP contribution in [-0.2, 0) is 0 Å². The van der Waals surface area contributed by atoms with Crippen molar-refractivity contribution in [1.82, 2.24) is 15.2 Å². The first-order chi connectivity index (χ1) is 11.9. The van der Waals surface area contributed by atoms with Gasteiger partial charge in [-0.2, -0.15) is 10.1 Å².